The van der Waals surface area contributed by atoms with Crippen molar-refractivity contribution in [2.24, 2.45) is 0 Å². The SMILES string of the molecule is C=C(CC(OC1(O)CCCCC1)C(=O)OC)c1ccccc1Cl. The fourth-order valence-corrected chi connectivity index (χ4v) is 3.14. The Morgan fingerprint density at radius 2 is 2.00 bits per heavy atom. The van der Waals surface area contributed by atoms with Gasteiger partial charge in [0.15, 0.2) is 11.9 Å². The van der Waals surface area contributed by atoms with Gasteiger partial charge in [-0.2, -0.15) is 0 Å². The first-order valence-electron chi connectivity index (χ1n) is 7.86. The zero-order valence-corrected chi connectivity index (χ0v) is 14.1. The Labute approximate surface area is 142 Å². The number of ether oxygens (including phenoxy) is 2. The van der Waals surface area contributed by atoms with Gasteiger partial charge in [-0.25, -0.2) is 4.79 Å². The van der Waals surface area contributed by atoms with Crippen LogP contribution in [-0.2, 0) is 14.3 Å². The summed E-state index contributed by atoms with van der Waals surface area (Å²) in [5, 5.41) is 11.1. The molecule has 23 heavy (non-hydrogen) atoms. The quantitative estimate of drug-likeness (QED) is 0.630. The van der Waals surface area contributed by atoms with E-state index in [-0.39, 0.29) is 6.42 Å². The van der Waals surface area contributed by atoms with Crippen molar-refractivity contribution in [1.82, 2.24) is 0 Å². The van der Waals surface area contributed by atoms with Gasteiger partial charge in [0.1, 0.15) is 0 Å². The molecule has 1 aliphatic carbocycles. The summed E-state index contributed by atoms with van der Waals surface area (Å²) in [4.78, 5) is 12.0. The highest BCUT2D eigenvalue weighted by molar-refractivity contribution is 6.32. The largest absolute Gasteiger partial charge is 0.467 e. The predicted molar refractivity (Wildman–Crippen MR) is 90.0 cm³/mol. The Kier molecular flexibility index (Phi) is 6.22. The Bertz CT molecular complexity index is 564. The Morgan fingerprint density at radius 1 is 1.35 bits per heavy atom. The highest BCUT2D eigenvalue weighted by Crippen LogP contribution is 2.33. The normalized spacial score (nSPS) is 18.2. The predicted octanol–water partition coefficient (Wildman–Crippen LogP) is 3.95. The number of benzene rings is 1. The van der Waals surface area contributed by atoms with Crippen molar-refractivity contribution >= 4 is 23.1 Å². The van der Waals surface area contributed by atoms with Gasteiger partial charge >= 0.3 is 5.97 Å². The molecule has 5 heteroatoms. The summed E-state index contributed by atoms with van der Waals surface area (Å²) in [5.41, 5.74) is 1.44. The van der Waals surface area contributed by atoms with Crippen molar-refractivity contribution in [2.45, 2.75) is 50.4 Å². The smallest absolute Gasteiger partial charge is 0.335 e. The van der Waals surface area contributed by atoms with Crippen LogP contribution in [0.2, 0.25) is 5.02 Å². The molecule has 1 aromatic rings. The number of hydrogen-bond acceptors (Lipinski definition) is 4. The van der Waals surface area contributed by atoms with E-state index in [1.165, 1.54) is 7.11 Å². The van der Waals surface area contributed by atoms with E-state index in [1.807, 2.05) is 18.2 Å². The highest BCUT2D eigenvalue weighted by Gasteiger charge is 2.36. The van der Waals surface area contributed by atoms with E-state index in [9.17, 15) is 9.90 Å². The van der Waals surface area contributed by atoms with E-state index in [1.54, 1.807) is 6.07 Å². The molecular weight excluding hydrogens is 316 g/mol. The van der Waals surface area contributed by atoms with E-state index in [0.717, 1.165) is 24.8 Å². The van der Waals surface area contributed by atoms with Gasteiger partial charge in [0.25, 0.3) is 0 Å². The second-order valence-electron chi connectivity index (χ2n) is 5.92. The van der Waals surface area contributed by atoms with E-state index < -0.39 is 17.9 Å². The molecule has 4 nitrogen and oxygen atoms in total. The summed E-state index contributed by atoms with van der Waals surface area (Å²) in [6, 6.07) is 7.30. The summed E-state index contributed by atoms with van der Waals surface area (Å²) in [6.45, 7) is 4.00. The molecule has 0 amide bonds. The molecule has 1 N–H and O–H groups in total. The van der Waals surface area contributed by atoms with Crippen LogP contribution in [0, 0.1) is 0 Å². The third-order valence-electron chi connectivity index (χ3n) is 4.15. The van der Waals surface area contributed by atoms with Crippen molar-refractivity contribution in [3.8, 4) is 0 Å². The second-order valence-corrected chi connectivity index (χ2v) is 6.33. The lowest BCUT2D eigenvalue weighted by molar-refractivity contribution is -0.246. The average molecular weight is 339 g/mol. The van der Waals surface area contributed by atoms with E-state index in [0.29, 0.717) is 23.4 Å². The summed E-state index contributed by atoms with van der Waals surface area (Å²) >= 11 is 6.17. The van der Waals surface area contributed by atoms with Crippen LogP contribution in [0.3, 0.4) is 0 Å². The molecule has 0 bridgehead atoms. The molecule has 0 radical (unpaired) electrons. The van der Waals surface area contributed by atoms with Crippen molar-refractivity contribution in [2.75, 3.05) is 7.11 Å². The lowest BCUT2D eigenvalue weighted by Crippen LogP contribution is -2.41. The minimum absolute atomic E-state index is 0.221. The second kappa shape index (κ2) is 7.95. The van der Waals surface area contributed by atoms with Crippen LogP contribution >= 0.6 is 11.6 Å². The number of methoxy groups -OCH3 is 1. The Morgan fingerprint density at radius 3 is 2.61 bits per heavy atom. The highest BCUT2D eigenvalue weighted by atomic mass is 35.5. The fourth-order valence-electron chi connectivity index (χ4n) is 2.87. The zero-order valence-electron chi connectivity index (χ0n) is 13.4. The van der Waals surface area contributed by atoms with Crippen molar-refractivity contribution in [3.05, 3.63) is 41.4 Å². The molecule has 1 saturated carbocycles. The van der Waals surface area contributed by atoms with Gasteiger partial charge in [-0.1, -0.05) is 42.8 Å². The van der Waals surface area contributed by atoms with E-state index >= 15 is 0 Å². The lowest BCUT2D eigenvalue weighted by Gasteiger charge is -2.34. The van der Waals surface area contributed by atoms with Gasteiger partial charge in [0.05, 0.1) is 7.11 Å². The molecule has 2 rings (SSSR count). The van der Waals surface area contributed by atoms with Crippen LogP contribution in [0.4, 0.5) is 0 Å². The molecule has 0 saturated heterocycles. The first-order chi connectivity index (χ1) is 10.9. The Balaban J connectivity index is 2.11. The number of rotatable bonds is 6. The number of hydrogen-bond donors (Lipinski definition) is 1. The molecular formula is C18H23ClO4. The average Bonchev–Trinajstić information content (AvgIpc) is 2.54. The number of halogens is 1. The summed E-state index contributed by atoms with van der Waals surface area (Å²) in [5.74, 6) is -1.78. The maximum Gasteiger partial charge on any atom is 0.335 e. The van der Waals surface area contributed by atoms with Crippen LogP contribution in [-0.4, -0.2) is 30.1 Å². The summed E-state index contributed by atoms with van der Waals surface area (Å²) < 4.78 is 10.6. The van der Waals surface area contributed by atoms with Crippen molar-refractivity contribution < 1.29 is 19.4 Å². The van der Waals surface area contributed by atoms with Crippen LogP contribution in [0.25, 0.3) is 5.57 Å². The standard InChI is InChI=1S/C18H23ClO4/c1-13(14-8-4-5-9-15(14)19)12-16(17(20)22-2)23-18(21)10-6-3-7-11-18/h4-5,8-9,16,21H,1,3,6-7,10-12H2,2H3. The fraction of sp³-hybridized carbons (Fsp3) is 0.500. The lowest BCUT2D eigenvalue weighted by atomic mass is 9.93. The monoisotopic (exact) mass is 338 g/mol. The van der Waals surface area contributed by atoms with Crippen LogP contribution in [0.1, 0.15) is 44.1 Å². The van der Waals surface area contributed by atoms with Crippen LogP contribution < -0.4 is 0 Å². The molecule has 0 aliphatic heterocycles. The first-order valence-corrected chi connectivity index (χ1v) is 8.24. The number of carbonyl (C=O) groups is 1. The number of esters is 1. The van der Waals surface area contributed by atoms with Crippen LogP contribution in [0.15, 0.2) is 30.8 Å². The topological polar surface area (TPSA) is 55.8 Å². The van der Waals surface area contributed by atoms with Crippen molar-refractivity contribution in [3.63, 3.8) is 0 Å². The van der Waals surface area contributed by atoms with E-state index in [2.05, 4.69) is 6.58 Å². The summed E-state index contributed by atoms with van der Waals surface area (Å²) in [7, 11) is 1.31. The molecule has 1 atom stereocenters. The molecule has 1 fully saturated rings. The summed E-state index contributed by atoms with van der Waals surface area (Å²) in [6.07, 6.45) is 3.22. The van der Waals surface area contributed by atoms with Gasteiger partial charge in [-0.3, -0.25) is 0 Å². The number of aliphatic hydroxyl groups is 1. The van der Waals surface area contributed by atoms with Gasteiger partial charge in [0, 0.05) is 24.3 Å². The first kappa shape index (κ1) is 18.0. The molecule has 0 aromatic heterocycles. The minimum atomic E-state index is -1.27. The van der Waals surface area contributed by atoms with Gasteiger partial charge in [-0.15, -0.1) is 0 Å². The molecule has 0 heterocycles. The van der Waals surface area contributed by atoms with Gasteiger partial charge < -0.3 is 14.6 Å². The molecule has 1 aromatic carbocycles. The van der Waals surface area contributed by atoms with Crippen molar-refractivity contribution in [1.29, 1.82) is 0 Å². The number of carbonyl (C=O) groups excluding carboxylic acids is 1. The van der Waals surface area contributed by atoms with Gasteiger partial charge in [-0.05, 0) is 30.0 Å². The van der Waals surface area contributed by atoms with E-state index in [4.69, 9.17) is 21.1 Å². The zero-order chi connectivity index (χ0) is 16.9. The molecule has 1 unspecified atom stereocenters. The Hall–Kier alpha value is -1.36. The minimum Gasteiger partial charge on any atom is -0.467 e. The molecule has 126 valence electrons. The molecule has 0 spiro atoms. The van der Waals surface area contributed by atoms with Gasteiger partial charge in [0.2, 0.25) is 0 Å². The maximum absolute atomic E-state index is 12.0. The third kappa shape index (κ3) is 4.80. The maximum atomic E-state index is 12.0. The molecule has 1 aliphatic rings. The van der Waals surface area contributed by atoms with Crippen LogP contribution in [0.5, 0.6) is 0 Å². The third-order valence-corrected chi connectivity index (χ3v) is 4.48.